The number of amides is 1. The summed E-state index contributed by atoms with van der Waals surface area (Å²) in [4.78, 5) is 37.8. The number of carbonyl (C=O) groups is 2. The number of nitrogens with one attached hydrogen (secondary N) is 1. The zero-order chi connectivity index (χ0) is 61.4. The molecule has 480 valence electrons. The first-order valence-corrected chi connectivity index (χ1v) is 35.5. The second-order valence-corrected chi connectivity index (χ2v) is 25.1. The van der Waals surface area contributed by atoms with Gasteiger partial charge in [-0.1, -0.05) is 264 Å². The fourth-order valence-electron chi connectivity index (χ4n) is 9.10. The van der Waals surface area contributed by atoms with Gasteiger partial charge in [-0.05, 0) is 128 Å². The number of phosphoric ester groups is 1. The molecule has 3 atom stereocenters. The summed E-state index contributed by atoms with van der Waals surface area (Å²) in [6, 6.07) is -0.877. The molecule has 1 amide bonds. The minimum Gasteiger partial charge on any atom is -0.456 e. The van der Waals surface area contributed by atoms with Crippen LogP contribution in [0, 0.1) is 0 Å². The van der Waals surface area contributed by atoms with Crippen molar-refractivity contribution in [3.8, 4) is 0 Å². The molecule has 2 N–H and O–H groups in total. The fraction of sp³-hybridized carbons (Fsp3) is 0.676. The van der Waals surface area contributed by atoms with Crippen molar-refractivity contribution in [3.63, 3.8) is 0 Å². The normalized spacial score (nSPS) is 14.4. The SMILES string of the molecule is CC/C=C\C/C=C\C/C=C\C/C=C\C/C=C\C/C=C\CCCCCCCCCCC(=O)NC(COP(=O)(O)OCC[N+](C)(C)C)C(/C=C\CCCCCCCCCCCC)OC(=O)CCCCC/C=C\C/C=C\C/C=C\C/C=C\CCCCC. The number of allylic oxidation sites excluding steroid dienone is 21. The second-order valence-electron chi connectivity index (χ2n) is 23.6. The molecule has 84 heavy (non-hydrogen) atoms. The molecule has 0 heterocycles. The zero-order valence-electron chi connectivity index (χ0n) is 54.8. The van der Waals surface area contributed by atoms with Crippen molar-refractivity contribution in [1.82, 2.24) is 5.32 Å². The van der Waals surface area contributed by atoms with Crippen molar-refractivity contribution in [2.75, 3.05) is 40.9 Å². The van der Waals surface area contributed by atoms with Crippen LogP contribution in [0.4, 0.5) is 0 Å². The molecule has 3 unspecified atom stereocenters. The number of nitrogens with zero attached hydrogens (tertiary/aromatic N) is 1. The highest BCUT2D eigenvalue weighted by Crippen LogP contribution is 2.43. The van der Waals surface area contributed by atoms with Gasteiger partial charge in [-0.25, -0.2) is 4.57 Å². The highest BCUT2D eigenvalue weighted by atomic mass is 31.2. The molecule has 0 aromatic heterocycles. The van der Waals surface area contributed by atoms with Crippen molar-refractivity contribution < 1.29 is 37.3 Å². The number of rotatable bonds is 60. The number of unbranched alkanes of at least 4 members (excludes halogenated alkanes) is 24. The second kappa shape index (κ2) is 62.2. The molecule has 0 aliphatic rings. The molecule has 0 aliphatic heterocycles. The van der Waals surface area contributed by atoms with Gasteiger partial charge in [0.15, 0.2) is 0 Å². The molecule has 0 fully saturated rings. The lowest BCUT2D eigenvalue weighted by atomic mass is 10.0. The van der Waals surface area contributed by atoms with Crippen LogP contribution in [0.2, 0.25) is 0 Å². The molecular weight excluding hydrogens is 1060 g/mol. The third-order valence-electron chi connectivity index (χ3n) is 14.3. The van der Waals surface area contributed by atoms with E-state index in [0.717, 1.165) is 128 Å². The van der Waals surface area contributed by atoms with E-state index in [9.17, 15) is 19.0 Å². The van der Waals surface area contributed by atoms with Crippen LogP contribution in [0.5, 0.6) is 0 Å². The van der Waals surface area contributed by atoms with Crippen LogP contribution in [0.1, 0.15) is 271 Å². The monoisotopic (exact) mass is 1190 g/mol. The summed E-state index contributed by atoms with van der Waals surface area (Å²) in [7, 11) is 1.45. The minimum atomic E-state index is -4.47. The van der Waals surface area contributed by atoms with Crippen LogP contribution in [0.25, 0.3) is 0 Å². The Balaban J connectivity index is 5.19. The van der Waals surface area contributed by atoms with E-state index in [1.165, 1.54) is 103 Å². The van der Waals surface area contributed by atoms with Gasteiger partial charge in [0.05, 0.1) is 33.8 Å². The molecule has 0 aromatic rings. The number of carbonyl (C=O) groups excluding carboxylic acids is 2. The predicted octanol–water partition coefficient (Wildman–Crippen LogP) is 21.6. The lowest BCUT2D eigenvalue weighted by Crippen LogP contribution is -2.47. The Morgan fingerprint density at radius 1 is 0.429 bits per heavy atom. The molecule has 0 saturated heterocycles. The van der Waals surface area contributed by atoms with E-state index in [0.29, 0.717) is 23.9 Å². The summed E-state index contributed by atoms with van der Waals surface area (Å²) in [5, 5.41) is 3.05. The Labute approximate surface area is 517 Å². The van der Waals surface area contributed by atoms with E-state index in [4.69, 9.17) is 13.8 Å². The quantitative estimate of drug-likeness (QED) is 0.0205. The van der Waals surface area contributed by atoms with Crippen LogP contribution >= 0.6 is 7.82 Å². The third kappa shape index (κ3) is 62.7. The van der Waals surface area contributed by atoms with E-state index in [2.05, 4.69) is 148 Å². The lowest BCUT2D eigenvalue weighted by molar-refractivity contribution is -0.870. The number of likely N-dealkylation sites (N-methyl/N-ethyl adjacent to an activating group) is 1. The molecule has 0 aliphatic carbocycles. The molecule has 9 nitrogen and oxygen atoms in total. The van der Waals surface area contributed by atoms with Gasteiger partial charge in [0, 0.05) is 12.8 Å². The van der Waals surface area contributed by atoms with Crippen LogP contribution in [0.3, 0.4) is 0 Å². The Bertz CT molecular complexity index is 1900. The van der Waals surface area contributed by atoms with Crippen LogP contribution < -0.4 is 5.32 Å². The first-order chi connectivity index (χ1) is 40.9. The van der Waals surface area contributed by atoms with Crippen molar-refractivity contribution in [1.29, 1.82) is 0 Å². The van der Waals surface area contributed by atoms with Gasteiger partial charge in [0.1, 0.15) is 19.3 Å². The molecule has 0 radical (unpaired) electrons. The van der Waals surface area contributed by atoms with Gasteiger partial charge in [0.25, 0.3) is 0 Å². The molecule has 10 heteroatoms. The lowest BCUT2D eigenvalue weighted by Gasteiger charge is -2.27. The summed E-state index contributed by atoms with van der Waals surface area (Å²) in [6.45, 7) is 6.83. The average molecular weight is 1190 g/mol. The standard InChI is InChI=1S/C74H127N2O7P/c1-7-10-13-16-19-22-25-28-30-32-34-35-36-37-38-39-40-41-43-44-46-48-51-54-57-60-63-66-73(77)75-71(70-82-84(79,80)81-69-68-76(4,5)6)72(65-62-59-56-53-50-27-24-21-18-15-12-9-3)83-74(78)67-64-61-58-55-52-49-47-45-42-33-31-29-26-23-20-17-14-11-8-2/h10,13,19-20,22-23,28-31,34-35,37-38,40-42,45,49,52,62,65,71-72H,7-9,11-12,14-18,21,24-27,32-33,36,39,43-44,46-48,50-51,53-61,63-64,66-70H2,1-6H3,(H-,75,77,79,80)/p+1/b13-10-,22-19-,23-20-,30-28-,31-29-,35-34-,38-37-,41-40-,45-42-,52-49-,65-62-. The Morgan fingerprint density at radius 3 is 1.18 bits per heavy atom. The van der Waals surface area contributed by atoms with Crippen LogP contribution in [0.15, 0.2) is 134 Å². The Kier molecular flexibility index (Phi) is 59.4. The maximum Gasteiger partial charge on any atom is 0.472 e. The van der Waals surface area contributed by atoms with Crippen molar-refractivity contribution in [3.05, 3.63) is 134 Å². The molecule has 0 spiro atoms. The van der Waals surface area contributed by atoms with Gasteiger partial charge in [-0.15, -0.1) is 0 Å². The maximum absolute atomic E-state index is 13.6. The van der Waals surface area contributed by atoms with E-state index in [-0.39, 0.29) is 31.5 Å². The summed E-state index contributed by atoms with van der Waals surface area (Å²) >= 11 is 0. The predicted molar refractivity (Wildman–Crippen MR) is 364 cm³/mol. The van der Waals surface area contributed by atoms with Crippen molar-refractivity contribution in [2.24, 2.45) is 0 Å². The molecule has 0 saturated carbocycles. The van der Waals surface area contributed by atoms with Crippen molar-refractivity contribution >= 4 is 19.7 Å². The van der Waals surface area contributed by atoms with E-state index >= 15 is 0 Å². The number of phosphoric acid groups is 1. The smallest absolute Gasteiger partial charge is 0.456 e. The molecule has 0 rings (SSSR count). The van der Waals surface area contributed by atoms with E-state index in [1.54, 1.807) is 0 Å². The van der Waals surface area contributed by atoms with Gasteiger partial charge in [-0.2, -0.15) is 0 Å². The minimum absolute atomic E-state index is 0.0260. The molecule has 0 bridgehead atoms. The number of hydrogen-bond acceptors (Lipinski definition) is 6. The summed E-state index contributed by atoms with van der Waals surface area (Å²) in [5.41, 5.74) is 0. The largest absolute Gasteiger partial charge is 0.472 e. The van der Waals surface area contributed by atoms with Gasteiger partial charge < -0.3 is 19.4 Å². The van der Waals surface area contributed by atoms with E-state index < -0.39 is 20.0 Å². The summed E-state index contributed by atoms with van der Waals surface area (Å²) < 4.78 is 30.7. The third-order valence-corrected chi connectivity index (χ3v) is 15.3. The first kappa shape index (κ1) is 80.2. The maximum atomic E-state index is 13.6. The topological polar surface area (TPSA) is 111 Å². The van der Waals surface area contributed by atoms with Crippen LogP contribution in [-0.4, -0.2) is 74.3 Å². The number of hydrogen-bond donors (Lipinski definition) is 2. The molecular formula is C74H128N2O7P+. The van der Waals surface area contributed by atoms with Gasteiger partial charge in [-0.3, -0.25) is 18.6 Å². The highest BCUT2D eigenvalue weighted by molar-refractivity contribution is 7.47. The fourth-order valence-corrected chi connectivity index (χ4v) is 9.84. The number of esters is 1. The van der Waals surface area contributed by atoms with Crippen LogP contribution in [-0.2, 0) is 27.9 Å². The van der Waals surface area contributed by atoms with E-state index in [1.807, 2.05) is 33.3 Å². The Morgan fingerprint density at radius 2 is 0.762 bits per heavy atom. The zero-order valence-corrected chi connectivity index (χ0v) is 55.7. The first-order valence-electron chi connectivity index (χ1n) is 34.0. The summed E-state index contributed by atoms with van der Waals surface area (Å²) in [5.74, 6) is -0.557. The number of ether oxygens (including phenoxy) is 1. The van der Waals surface area contributed by atoms with Crippen molar-refractivity contribution in [2.45, 2.75) is 283 Å². The highest BCUT2D eigenvalue weighted by Gasteiger charge is 2.30. The average Bonchev–Trinajstić information content (AvgIpc) is 3.64. The summed E-state index contributed by atoms with van der Waals surface area (Å²) in [6.07, 6.45) is 88.8. The van der Waals surface area contributed by atoms with Gasteiger partial charge in [0.2, 0.25) is 5.91 Å². The van der Waals surface area contributed by atoms with Gasteiger partial charge >= 0.3 is 13.8 Å². The Hall–Kier alpha value is -3.85. The molecule has 0 aromatic carbocycles. The number of quaternary nitrogens is 1.